The third-order valence-corrected chi connectivity index (χ3v) is 13.8. The lowest BCUT2D eigenvalue weighted by Gasteiger charge is -2.63. The number of aromatic amines is 1. The van der Waals surface area contributed by atoms with Crippen LogP contribution in [0.1, 0.15) is 56.0 Å². The highest BCUT2D eigenvalue weighted by molar-refractivity contribution is 5.85. The summed E-state index contributed by atoms with van der Waals surface area (Å²) in [6.07, 6.45) is 7.61. The molecule has 228 valence electrons. The van der Waals surface area contributed by atoms with Crippen LogP contribution in [0.5, 0.6) is 0 Å². The number of hydrogen-bond donors (Lipinski definition) is 3. The minimum Gasteiger partial charge on any atom is -0.392 e. The van der Waals surface area contributed by atoms with Gasteiger partial charge in [0.05, 0.1) is 12.1 Å². The van der Waals surface area contributed by atoms with Crippen LogP contribution >= 0.6 is 0 Å². The van der Waals surface area contributed by atoms with E-state index in [0.717, 1.165) is 51.9 Å². The summed E-state index contributed by atoms with van der Waals surface area (Å²) in [5.74, 6) is 0.355. The van der Waals surface area contributed by atoms with Gasteiger partial charge in [0.1, 0.15) is 6.23 Å². The van der Waals surface area contributed by atoms with Crippen molar-refractivity contribution in [2.24, 2.45) is 23.7 Å². The van der Waals surface area contributed by atoms with Crippen molar-refractivity contribution in [2.75, 3.05) is 31.1 Å². The number of aliphatic hydroxyl groups excluding tert-OH is 2. The minimum atomic E-state index is -0.717. The van der Waals surface area contributed by atoms with E-state index in [1.54, 1.807) is 0 Å². The molecular weight excluding hydrogens is 544 g/mol. The highest BCUT2D eigenvalue weighted by Gasteiger charge is 2.72. The largest absolute Gasteiger partial charge is 0.392 e. The quantitative estimate of drug-likeness (QED) is 0.344. The predicted molar refractivity (Wildman–Crippen MR) is 173 cm³/mol. The normalized spacial score (nSPS) is 42.5. The van der Waals surface area contributed by atoms with Crippen LogP contribution in [0.3, 0.4) is 0 Å². The summed E-state index contributed by atoms with van der Waals surface area (Å²) in [4.78, 5) is 11.6. The van der Waals surface area contributed by atoms with Gasteiger partial charge < -0.3 is 20.1 Å². The molecule has 6 heteroatoms. The highest BCUT2D eigenvalue weighted by Crippen LogP contribution is 2.67. The predicted octanol–water partition coefficient (Wildman–Crippen LogP) is 5.14. The first-order chi connectivity index (χ1) is 21.5. The molecule has 0 unspecified atom stereocenters. The zero-order chi connectivity index (χ0) is 29.5. The van der Waals surface area contributed by atoms with E-state index in [9.17, 15) is 10.2 Å². The number of aromatic nitrogens is 1. The summed E-state index contributed by atoms with van der Waals surface area (Å²) in [6.45, 7) is 8.46. The van der Waals surface area contributed by atoms with Gasteiger partial charge >= 0.3 is 0 Å². The van der Waals surface area contributed by atoms with E-state index in [2.05, 4.69) is 94.2 Å². The van der Waals surface area contributed by atoms with Crippen molar-refractivity contribution in [1.29, 1.82) is 0 Å². The standard InChI is InChI=1S/C38H44N4O2/c1-3-21-19-40-15-13-24-23-9-5-7-11-28(23)39-34(24)30(40)17-25(21)33-35(43)32-26-18-31-38(14-16-41(31)20-22(26)4-2)27-10-6-8-12-29(27)42(36(32)38)37(33)44/h3-12,25-26,30-33,35-37,39,43-44H,13-20H2,1-2H3/b21-3-,22-4-/t25-,26-,30-,31-,32-,33-,35-,36-,37-,38+/m0/s1. The molecule has 6 nitrogen and oxygen atoms in total. The van der Waals surface area contributed by atoms with Crippen molar-refractivity contribution in [3.05, 3.63) is 88.7 Å². The molecule has 44 heavy (non-hydrogen) atoms. The molecular formula is C38H44N4O2. The number of H-pyrrole nitrogens is 1. The van der Waals surface area contributed by atoms with Gasteiger partial charge in [-0.1, -0.05) is 59.7 Å². The lowest BCUT2D eigenvalue weighted by atomic mass is 9.51. The first-order valence-corrected chi connectivity index (χ1v) is 17.2. The smallest absolute Gasteiger partial charge is 0.133 e. The molecule has 4 saturated heterocycles. The molecule has 1 aromatic heterocycles. The Morgan fingerprint density at radius 2 is 1.61 bits per heavy atom. The fourth-order valence-corrected chi connectivity index (χ4v) is 12.1. The van der Waals surface area contributed by atoms with Gasteiger partial charge in [0.2, 0.25) is 0 Å². The van der Waals surface area contributed by atoms with E-state index in [1.807, 2.05) is 0 Å². The van der Waals surface area contributed by atoms with Gasteiger partial charge in [0.15, 0.2) is 0 Å². The van der Waals surface area contributed by atoms with E-state index < -0.39 is 12.3 Å². The van der Waals surface area contributed by atoms with Crippen LogP contribution in [0, 0.1) is 23.7 Å². The monoisotopic (exact) mass is 588 g/mol. The third kappa shape index (κ3) is 3.06. The zero-order valence-electron chi connectivity index (χ0n) is 25.9. The van der Waals surface area contributed by atoms with Crippen LogP contribution in [-0.2, 0) is 11.8 Å². The Hall–Kier alpha value is -2.90. The first-order valence-electron chi connectivity index (χ1n) is 17.2. The second kappa shape index (κ2) is 9.10. The van der Waals surface area contributed by atoms with Crippen molar-refractivity contribution in [1.82, 2.24) is 14.8 Å². The van der Waals surface area contributed by atoms with Gasteiger partial charge in [-0.15, -0.1) is 0 Å². The van der Waals surface area contributed by atoms with Crippen LogP contribution in [0.2, 0.25) is 0 Å². The fourth-order valence-electron chi connectivity index (χ4n) is 12.1. The number of rotatable bonds is 1. The number of para-hydroxylation sites is 2. The molecule has 7 heterocycles. The minimum absolute atomic E-state index is 0.0145. The zero-order valence-corrected chi connectivity index (χ0v) is 25.9. The first kappa shape index (κ1) is 26.3. The molecule has 3 N–H and O–H groups in total. The third-order valence-electron chi connectivity index (χ3n) is 13.8. The van der Waals surface area contributed by atoms with Crippen LogP contribution in [0.15, 0.2) is 71.8 Å². The molecule has 1 aliphatic carbocycles. The average Bonchev–Trinajstić information content (AvgIpc) is 3.73. The number of nitrogens with zero attached hydrogens (tertiary/aromatic N) is 3. The lowest BCUT2D eigenvalue weighted by Crippen LogP contribution is -2.73. The second-order valence-corrected chi connectivity index (χ2v) is 14.9. The van der Waals surface area contributed by atoms with Crippen molar-refractivity contribution in [3.63, 3.8) is 0 Å². The van der Waals surface area contributed by atoms with Gasteiger partial charge in [-0.3, -0.25) is 9.80 Å². The second-order valence-electron chi connectivity index (χ2n) is 14.9. The van der Waals surface area contributed by atoms with Crippen LogP contribution in [0.4, 0.5) is 5.69 Å². The molecule has 10 rings (SSSR count). The van der Waals surface area contributed by atoms with E-state index >= 15 is 0 Å². The fraction of sp³-hybridized carbons (Fsp3) is 0.526. The molecule has 6 aliphatic heterocycles. The molecule has 2 bridgehead atoms. The van der Waals surface area contributed by atoms with Gasteiger partial charge in [0, 0.05) is 71.3 Å². The highest BCUT2D eigenvalue weighted by atomic mass is 16.3. The number of benzene rings is 2. The molecule has 3 aromatic rings. The maximum Gasteiger partial charge on any atom is 0.133 e. The lowest BCUT2D eigenvalue weighted by molar-refractivity contribution is -0.129. The molecule has 0 amide bonds. The van der Waals surface area contributed by atoms with E-state index in [1.165, 1.54) is 44.6 Å². The van der Waals surface area contributed by atoms with Gasteiger partial charge in [-0.05, 0) is 81.2 Å². The Balaban J connectivity index is 1.11. The summed E-state index contributed by atoms with van der Waals surface area (Å²) in [5, 5.41) is 26.9. The summed E-state index contributed by atoms with van der Waals surface area (Å²) >= 11 is 0. The number of fused-ring (bicyclic) bond motifs is 9. The van der Waals surface area contributed by atoms with E-state index in [0.29, 0.717) is 12.0 Å². The van der Waals surface area contributed by atoms with Gasteiger partial charge in [0.25, 0.3) is 0 Å². The molecule has 1 saturated carbocycles. The van der Waals surface area contributed by atoms with Crippen LogP contribution < -0.4 is 4.90 Å². The molecule has 2 aromatic carbocycles. The Morgan fingerprint density at radius 3 is 2.45 bits per heavy atom. The Kier molecular flexibility index (Phi) is 5.44. The maximum atomic E-state index is 12.8. The van der Waals surface area contributed by atoms with Crippen molar-refractivity contribution in [2.45, 2.75) is 75.4 Å². The van der Waals surface area contributed by atoms with E-state index in [4.69, 9.17) is 0 Å². The Bertz CT molecular complexity index is 1740. The van der Waals surface area contributed by atoms with E-state index in [-0.39, 0.29) is 35.3 Å². The molecule has 1 spiro atoms. The maximum absolute atomic E-state index is 12.8. The molecule has 0 radical (unpaired) electrons. The van der Waals surface area contributed by atoms with Gasteiger partial charge in [-0.25, -0.2) is 0 Å². The number of nitrogens with one attached hydrogen (secondary N) is 1. The topological polar surface area (TPSA) is 66.0 Å². The number of allylic oxidation sites excluding steroid dienone is 2. The molecule has 7 aliphatic rings. The summed E-state index contributed by atoms with van der Waals surface area (Å²) in [6, 6.07) is 18.6. The molecule has 10 atom stereocenters. The summed E-state index contributed by atoms with van der Waals surface area (Å²) in [5.41, 5.74) is 9.57. The Labute approximate surface area is 260 Å². The average molecular weight is 589 g/mol. The van der Waals surface area contributed by atoms with Crippen molar-refractivity contribution >= 4 is 16.6 Å². The van der Waals surface area contributed by atoms with Crippen LogP contribution in [0.25, 0.3) is 10.9 Å². The summed E-state index contributed by atoms with van der Waals surface area (Å²) < 4.78 is 0. The van der Waals surface area contributed by atoms with Crippen molar-refractivity contribution in [3.8, 4) is 0 Å². The number of aliphatic hydroxyl groups is 2. The summed E-state index contributed by atoms with van der Waals surface area (Å²) in [7, 11) is 0. The number of hydrogen-bond acceptors (Lipinski definition) is 5. The van der Waals surface area contributed by atoms with Crippen molar-refractivity contribution < 1.29 is 10.2 Å². The molecule has 5 fully saturated rings. The SMILES string of the molecule is C/C=C1/CN2CCc3c([nH]c4ccccc34)[C@@H]2C[C@@H]1[C@H]1[C@@H](O)[C@H]2[C@@H]3N(c4ccccc4[C@@]34CCN3C/C(=C/C)[C@@H]2C[C@H]34)[C@H]1O. The Morgan fingerprint density at radius 1 is 0.864 bits per heavy atom. The van der Waals surface area contributed by atoms with Gasteiger partial charge in [-0.2, -0.15) is 0 Å². The number of anilines is 1. The number of piperidine rings is 3. The van der Waals surface area contributed by atoms with Crippen LogP contribution in [-0.4, -0.2) is 75.6 Å².